The molecule has 0 aliphatic rings. The van der Waals surface area contributed by atoms with Crippen molar-refractivity contribution in [3.8, 4) is 0 Å². The average Bonchev–Trinajstić information content (AvgIpc) is 1.97. The van der Waals surface area contributed by atoms with Crippen LogP contribution in [0.2, 0.25) is 0 Å². The van der Waals surface area contributed by atoms with E-state index in [-0.39, 0.29) is 12.7 Å². The van der Waals surface area contributed by atoms with Crippen molar-refractivity contribution in [2.45, 2.75) is 26.4 Å². The first kappa shape index (κ1) is 10.7. The summed E-state index contributed by atoms with van der Waals surface area (Å²) >= 11 is 0. The first-order chi connectivity index (χ1) is 5.22. The molecule has 2 nitrogen and oxygen atoms in total. The summed E-state index contributed by atoms with van der Waals surface area (Å²) in [4.78, 5) is 0. The van der Waals surface area contributed by atoms with Gasteiger partial charge in [0, 0.05) is 13.7 Å². The first-order valence-corrected chi connectivity index (χ1v) is 4.02. The maximum absolute atomic E-state index is 8.50. The van der Waals surface area contributed by atoms with Gasteiger partial charge in [-0.05, 0) is 12.3 Å². The molecule has 0 aliphatic heterocycles. The van der Waals surface area contributed by atoms with Crippen molar-refractivity contribution in [3.63, 3.8) is 0 Å². The van der Waals surface area contributed by atoms with Gasteiger partial charge in [-0.2, -0.15) is 0 Å². The second kappa shape index (κ2) is 6.38. The predicted molar refractivity (Wildman–Crippen MR) is 46.5 cm³/mol. The van der Waals surface area contributed by atoms with Gasteiger partial charge in [0.15, 0.2) is 0 Å². The number of aliphatic hydroxyl groups is 1. The molecule has 0 amide bonds. The zero-order chi connectivity index (χ0) is 8.69. The Labute approximate surface area is 68.9 Å². The minimum absolute atomic E-state index is 0.182. The third-order valence-electron chi connectivity index (χ3n) is 1.55. The second-order valence-electron chi connectivity index (χ2n) is 2.88. The van der Waals surface area contributed by atoms with Gasteiger partial charge in [0.25, 0.3) is 0 Å². The van der Waals surface area contributed by atoms with Crippen molar-refractivity contribution >= 4 is 0 Å². The van der Waals surface area contributed by atoms with Gasteiger partial charge >= 0.3 is 0 Å². The third-order valence-corrected chi connectivity index (χ3v) is 1.55. The van der Waals surface area contributed by atoms with E-state index in [0.717, 1.165) is 0 Å². The molecule has 66 valence electrons. The van der Waals surface area contributed by atoms with Gasteiger partial charge in [-0.25, -0.2) is 0 Å². The van der Waals surface area contributed by atoms with Crippen LogP contribution >= 0.6 is 0 Å². The molecule has 1 unspecified atom stereocenters. The minimum atomic E-state index is 0.182. The summed E-state index contributed by atoms with van der Waals surface area (Å²) < 4.78 is 5.19. The largest absolute Gasteiger partial charge is 0.396 e. The van der Waals surface area contributed by atoms with Crippen LogP contribution in [0.1, 0.15) is 20.3 Å². The third kappa shape index (κ3) is 4.99. The molecule has 0 saturated heterocycles. The van der Waals surface area contributed by atoms with Gasteiger partial charge in [-0.15, -0.1) is 0 Å². The predicted octanol–water partition coefficient (Wildman–Crippen LogP) is 1.60. The van der Waals surface area contributed by atoms with Crippen LogP contribution in [0, 0.1) is 5.92 Å². The van der Waals surface area contributed by atoms with E-state index in [9.17, 15) is 0 Å². The van der Waals surface area contributed by atoms with Gasteiger partial charge in [-0.3, -0.25) is 0 Å². The fourth-order valence-corrected chi connectivity index (χ4v) is 0.878. The Hall–Kier alpha value is -0.340. The Kier molecular flexibility index (Phi) is 6.18. The van der Waals surface area contributed by atoms with Crippen LogP contribution in [0.25, 0.3) is 0 Å². The van der Waals surface area contributed by atoms with Crippen LogP contribution in [-0.2, 0) is 4.74 Å². The Morgan fingerprint density at radius 2 is 2.09 bits per heavy atom. The lowest BCUT2D eigenvalue weighted by Gasteiger charge is -2.14. The number of aliphatic hydroxyl groups excluding tert-OH is 1. The second-order valence-corrected chi connectivity index (χ2v) is 2.88. The molecule has 0 aromatic heterocycles. The standard InChI is InChI=1S/C9H18O2/c1-8(2)9(11-3)6-4-5-7-10/h4,6,8-10H,5,7H2,1-3H3. The van der Waals surface area contributed by atoms with E-state index in [1.807, 2.05) is 12.2 Å². The van der Waals surface area contributed by atoms with E-state index in [4.69, 9.17) is 9.84 Å². The summed E-state index contributed by atoms with van der Waals surface area (Å²) in [6, 6.07) is 0. The van der Waals surface area contributed by atoms with Gasteiger partial charge in [-0.1, -0.05) is 26.0 Å². The molecule has 0 aliphatic carbocycles. The smallest absolute Gasteiger partial charge is 0.0774 e. The molecule has 0 aromatic rings. The van der Waals surface area contributed by atoms with Crippen LogP contribution in [0.3, 0.4) is 0 Å². The number of methoxy groups -OCH3 is 1. The number of hydrogen-bond acceptors (Lipinski definition) is 2. The molecule has 1 N–H and O–H groups in total. The van der Waals surface area contributed by atoms with E-state index >= 15 is 0 Å². The van der Waals surface area contributed by atoms with E-state index in [1.165, 1.54) is 0 Å². The summed E-state index contributed by atoms with van der Waals surface area (Å²) in [6.45, 7) is 4.43. The van der Waals surface area contributed by atoms with Crippen LogP contribution in [-0.4, -0.2) is 24.9 Å². The molecular weight excluding hydrogens is 140 g/mol. The lowest BCUT2D eigenvalue weighted by molar-refractivity contribution is 0.103. The summed E-state index contributed by atoms with van der Waals surface area (Å²) in [5.74, 6) is 0.495. The molecule has 0 rings (SSSR count). The molecule has 0 aromatic carbocycles. The van der Waals surface area contributed by atoms with Gasteiger partial charge in [0.2, 0.25) is 0 Å². The van der Waals surface area contributed by atoms with Crippen molar-refractivity contribution in [2.24, 2.45) is 5.92 Å². The average molecular weight is 158 g/mol. The molecule has 0 bridgehead atoms. The van der Waals surface area contributed by atoms with Crippen molar-refractivity contribution < 1.29 is 9.84 Å². The van der Waals surface area contributed by atoms with Crippen LogP contribution in [0.5, 0.6) is 0 Å². The molecule has 0 heterocycles. The molecule has 0 fully saturated rings. The fraction of sp³-hybridized carbons (Fsp3) is 0.778. The molecule has 2 heteroatoms. The minimum Gasteiger partial charge on any atom is -0.396 e. The fourth-order valence-electron chi connectivity index (χ4n) is 0.878. The Balaban J connectivity index is 3.67. The molecular formula is C9H18O2. The monoisotopic (exact) mass is 158 g/mol. The first-order valence-electron chi connectivity index (χ1n) is 4.02. The van der Waals surface area contributed by atoms with Crippen molar-refractivity contribution in [1.29, 1.82) is 0 Å². The van der Waals surface area contributed by atoms with Crippen LogP contribution in [0.15, 0.2) is 12.2 Å². The van der Waals surface area contributed by atoms with Crippen LogP contribution < -0.4 is 0 Å². The van der Waals surface area contributed by atoms with Gasteiger partial charge in [0.05, 0.1) is 6.10 Å². The molecule has 0 spiro atoms. The topological polar surface area (TPSA) is 29.5 Å². The highest BCUT2D eigenvalue weighted by Crippen LogP contribution is 2.06. The maximum Gasteiger partial charge on any atom is 0.0774 e. The Morgan fingerprint density at radius 3 is 2.45 bits per heavy atom. The maximum atomic E-state index is 8.50. The lowest BCUT2D eigenvalue weighted by atomic mass is 10.1. The van der Waals surface area contributed by atoms with E-state index in [0.29, 0.717) is 12.3 Å². The van der Waals surface area contributed by atoms with Crippen molar-refractivity contribution in [1.82, 2.24) is 0 Å². The quantitative estimate of drug-likeness (QED) is 0.616. The van der Waals surface area contributed by atoms with E-state index < -0.39 is 0 Å². The van der Waals surface area contributed by atoms with Crippen LogP contribution in [0.4, 0.5) is 0 Å². The zero-order valence-electron chi connectivity index (χ0n) is 7.58. The highest BCUT2D eigenvalue weighted by atomic mass is 16.5. The summed E-state index contributed by atoms with van der Waals surface area (Å²) in [5.41, 5.74) is 0. The molecule has 11 heavy (non-hydrogen) atoms. The number of hydrogen-bond donors (Lipinski definition) is 1. The van der Waals surface area contributed by atoms with Gasteiger partial charge in [0.1, 0.15) is 0 Å². The Morgan fingerprint density at radius 1 is 1.45 bits per heavy atom. The Bertz CT molecular complexity index is 108. The zero-order valence-corrected chi connectivity index (χ0v) is 7.58. The highest BCUT2D eigenvalue weighted by Gasteiger charge is 2.06. The van der Waals surface area contributed by atoms with Gasteiger partial charge < -0.3 is 9.84 Å². The summed E-state index contributed by atoms with van der Waals surface area (Å²) in [5, 5.41) is 8.50. The number of ether oxygens (including phenoxy) is 1. The normalized spacial score (nSPS) is 14.6. The van der Waals surface area contributed by atoms with Crippen molar-refractivity contribution in [2.75, 3.05) is 13.7 Å². The van der Waals surface area contributed by atoms with E-state index in [1.54, 1.807) is 7.11 Å². The molecule has 1 atom stereocenters. The van der Waals surface area contributed by atoms with Crippen molar-refractivity contribution in [3.05, 3.63) is 12.2 Å². The lowest BCUT2D eigenvalue weighted by Crippen LogP contribution is -2.14. The number of rotatable bonds is 5. The molecule has 0 radical (unpaired) electrons. The van der Waals surface area contributed by atoms with E-state index in [2.05, 4.69) is 13.8 Å². The molecule has 0 saturated carbocycles. The SMILES string of the molecule is COC(C=CCCO)C(C)C. The summed E-state index contributed by atoms with van der Waals surface area (Å²) in [7, 11) is 1.70. The highest BCUT2D eigenvalue weighted by molar-refractivity contribution is 4.90. The summed E-state index contributed by atoms with van der Waals surface area (Å²) in [6.07, 6.45) is 4.85.